The van der Waals surface area contributed by atoms with Crippen molar-refractivity contribution in [1.29, 1.82) is 0 Å². The van der Waals surface area contributed by atoms with Crippen LogP contribution in [0.3, 0.4) is 0 Å². The van der Waals surface area contributed by atoms with Gasteiger partial charge in [-0.2, -0.15) is 0 Å². The molecule has 1 aromatic carbocycles. The number of halogens is 1. The van der Waals surface area contributed by atoms with Crippen molar-refractivity contribution in [3.8, 4) is 0 Å². The van der Waals surface area contributed by atoms with Gasteiger partial charge in [0.1, 0.15) is 5.82 Å². The zero-order chi connectivity index (χ0) is 10.7. The third-order valence-corrected chi connectivity index (χ3v) is 2.88. The lowest BCUT2D eigenvalue weighted by molar-refractivity contribution is 0.112. The summed E-state index contributed by atoms with van der Waals surface area (Å²) in [6.07, 6.45) is 0. The minimum Gasteiger partial charge on any atom is -0.379 e. The van der Waals surface area contributed by atoms with Gasteiger partial charge in [-0.1, -0.05) is 25.1 Å². The SMILES string of the molecule is CC1(c2ccccc2F)CNCCOC1. The summed E-state index contributed by atoms with van der Waals surface area (Å²) in [5.74, 6) is -0.146. The van der Waals surface area contributed by atoms with Crippen LogP contribution in [0.5, 0.6) is 0 Å². The lowest BCUT2D eigenvalue weighted by atomic mass is 9.83. The van der Waals surface area contributed by atoms with Gasteiger partial charge in [0.05, 0.1) is 13.2 Å². The van der Waals surface area contributed by atoms with Gasteiger partial charge in [-0.05, 0) is 11.6 Å². The Balaban J connectivity index is 2.30. The molecule has 0 spiro atoms. The molecule has 1 saturated heterocycles. The summed E-state index contributed by atoms with van der Waals surface area (Å²) < 4.78 is 19.2. The van der Waals surface area contributed by atoms with Crippen LogP contribution in [-0.4, -0.2) is 26.3 Å². The molecule has 0 radical (unpaired) electrons. The minimum absolute atomic E-state index is 0.146. The zero-order valence-corrected chi connectivity index (χ0v) is 8.92. The highest BCUT2D eigenvalue weighted by Crippen LogP contribution is 2.26. The molecule has 82 valence electrons. The number of ether oxygens (including phenoxy) is 1. The highest BCUT2D eigenvalue weighted by Gasteiger charge is 2.30. The third-order valence-electron chi connectivity index (χ3n) is 2.88. The second-order valence-electron chi connectivity index (χ2n) is 4.27. The molecule has 0 aliphatic carbocycles. The van der Waals surface area contributed by atoms with Crippen LogP contribution in [0.25, 0.3) is 0 Å². The number of nitrogens with one attached hydrogen (secondary N) is 1. The fourth-order valence-electron chi connectivity index (χ4n) is 1.98. The lowest BCUT2D eigenvalue weighted by Gasteiger charge is -2.28. The maximum absolute atomic E-state index is 13.7. The van der Waals surface area contributed by atoms with E-state index in [0.717, 1.165) is 18.7 Å². The first-order valence-corrected chi connectivity index (χ1v) is 5.26. The van der Waals surface area contributed by atoms with Gasteiger partial charge in [-0.3, -0.25) is 0 Å². The molecule has 0 aromatic heterocycles. The lowest BCUT2D eigenvalue weighted by Crippen LogP contribution is -2.37. The average molecular weight is 209 g/mol. The van der Waals surface area contributed by atoms with Crippen molar-refractivity contribution < 1.29 is 9.13 Å². The van der Waals surface area contributed by atoms with E-state index in [1.54, 1.807) is 6.07 Å². The molecule has 0 bridgehead atoms. The van der Waals surface area contributed by atoms with Crippen LogP contribution >= 0.6 is 0 Å². The second kappa shape index (κ2) is 4.29. The highest BCUT2D eigenvalue weighted by atomic mass is 19.1. The van der Waals surface area contributed by atoms with Gasteiger partial charge in [-0.15, -0.1) is 0 Å². The Hall–Kier alpha value is -0.930. The van der Waals surface area contributed by atoms with Crippen LogP contribution in [0.1, 0.15) is 12.5 Å². The Kier molecular flexibility index (Phi) is 3.03. The molecule has 1 atom stereocenters. The minimum atomic E-state index is -0.262. The molecule has 1 aliphatic rings. The summed E-state index contributed by atoms with van der Waals surface area (Å²) >= 11 is 0. The predicted molar refractivity (Wildman–Crippen MR) is 57.4 cm³/mol. The fourth-order valence-corrected chi connectivity index (χ4v) is 1.98. The topological polar surface area (TPSA) is 21.3 Å². The Morgan fingerprint density at radius 2 is 2.20 bits per heavy atom. The van der Waals surface area contributed by atoms with Crippen molar-refractivity contribution in [3.63, 3.8) is 0 Å². The van der Waals surface area contributed by atoms with Crippen LogP contribution in [0, 0.1) is 5.82 Å². The molecule has 0 saturated carbocycles. The van der Waals surface area contributed by atoms with Crippen LogP contribution < -0.4 is 5.32 Å². The monoisotopic (exact) mass is 209 g/mol. The summed E-state index contributed by atoms with van der Waals surface area (Å²) in [6, 6.07) is 6.93. The van der Waals surface area contributed by atoms with E-state index in [0.29, 0.717) is 13.2 Å². The third kappa shape index (κ3) is 2.19. The predicted octanol–water partition coefficient (Wildman–Crippen LogP) is 1.70. The number of hydrogen-bond donors (Lipinski definition) is 1. The van der Waals surface area contributed by atoms with E-state index in [2.05, 4.69) is 5.32 Å². The van der Waals surface area contributed by atoms with Gasteiger partial charge in [0.25, 0.3) is 0 Å². The van der Waals surface area contributed by atoms with Gasteiger partial charge >= 0.3 is 0 Å². The van der Waals surface area contributed by atoms with E-state index < -0.39 is 0 Å². The van der Waals surface area contributed by atoms with Crippen molar-refractivity contribution >= 4 is 0 Å². The first kappa shape index (κ1) is 10.6. The Morgan fingerprint density at radius 3 is 3.00 bits per heavy atom. The average Bonchev–Trinajstić information content (AvgIpc) is 2.44. The van der Waals surface area contributed by atoms with E-state index in [1.165, 1.54) is 6.07 Å². The van der Waals surface area contributed by atoms with Crippen molar-refractivity contribution in [2.45, 2.75) is 12.3 Å². The maximum atomic E-state index is 13.7. The van der Waals surface area contributed by atoms with Crippen molar-refractivity contribution in [1.82, 2.24) is 5.32 Å². The molecule has 1 fully saturated rings. The second-order valence-corrected chi connectivity index (χ2v) is 4.27. The van der Waals surface area contributed by atoms with Crippen molar-refractivity contribution in [2.24, 2.45) is 0 Å². The molecular weight excluding hydrogens is 193 g/mol. The van der Waals surface area contributed by atoms with E-state index >= 15 is 0 Å². The summed E-state index contributed by atoms with van der Waals surface area (Å²) in [4.78, 5) is 0. The first-order chi connectivity index (χ1) is 7.22. The Labute approximate surface area is 89.4 Å². The maximum Gasteiger partial charge on any atom is 0.127 e. The molecule has 1 N–H and O–H groups in total. The molecule has 0 amide bonds. The summed E-state index contributed by atoms with van der Waals surface area (Å²) in [6.45, 7) is 4.90. The molecule has 2 rings (SSSR count). The van der Waals surface area contributed by atoms with Gasteiger partial charge in [0.2, 0.25) is 0 Å². The van der Waals surface area contributed by atoms with Gasteiger partial charge in [-0.25, -0.2) is 4.39 Å². The summed E-state index contributed by atoms with van der Waals surface area (Å²) in [5, 5.41) is 3.27. The largest absolute Gasteiger partial charge is 0.379 e. The molecule has 1 unspecified atom stereocenters. The van der Waals surface area contributed by atoms with Gasteiger partial charge in [0.15, 0.2) is 0 Å². The quantitative estimate of drug-likeness (QED) is 0.760. The fraction of sp³-hybridized carbons (Fsp3) is 0.500. The zero-order valence-electron chi connectivity index (χ0n) is 8.92. The Bertz CT molecular complexity index is 332. The Morgan fingerprint density at radius 1 is 1.40 bits per heavy atom. The normalized spacial score (nSPS) is 27.3. The number of hydrogen-bond acceptors (Lipinski definition) is 2. The molecule has 3 heteroatoms. The van der Waals surface area contributed by atoms with Crippen LogP contribution in [0.2, 0.25) is 0 Å². The molecular formula is C12H16FNO. The van der Waals surface area contributed by atoms with E-state index in [-0.39, 0.29) is 11.2 Å². The van der Waals surface area contributed by atoms with E-state index in [9.17, 15) is 4.39 Å². The molecule has 1 aromatic rings. The standard InChI is InChI=1S/C12H16FNO/c1-12(8-14-6-7-15-9-12)10-4-2-3-5-11(10)13/h2-5,14H,6-9H2,1H3. The first-order valence-electron chi connectivity index (χ1n) is 5.26. The number of rotatable bonds is 1. The smallest absolute Gasteiger partial charge is 0.127 e. The van der Waals surface area contributed by atoms with Gasteiger partial charge < -0.3 is 10.1 Å². The van der Waals surface area contributed by atoms with Crippen molar-refractivity contribution in [3.05, 3.63) is 35.6 Å². The highest BCUT2D eigenvalue weighted by molar-refractivity contribution is 5.27. The molecule has 15 heavy (non-hydrogen) atoms. The number of benzene rings is 1. The van der Waals surface area contributed by atoms with Crippen LogP contribution in [0.15, 0.2) is 24.3 Å². The van der Waals surface area contributed by atoms with Crippen molar-refractivity contribution in [2.75, 3.05) is 26.3 Å². The molecule has 1 heterocycles. The summed E-state index contributed by atoms with van der Waals surface area (Å²) in [5.41, 5.74) is 0.473. The van der Waals surface area contributed by atoms with Crippen LogP contribution in [-0.2, 0) is 10.2 Å². The van der Waals surface area contributed by atoms with E-state index in [1.807, 2.05) is 19.1 Å². The molecule has 2 nitrogen and oxygen atoms in total. The summed E-state index contributed by atoms with van der Waals surface area (Å²) in [7, 11) is 0. The van der Waals surface area contributed by atoms with E-state index in [4.69, 9.17) is 4.74 Å². The van der Waals surface area contributed by atoms with Crippen LogP contribution in [0.4, 0.5) is 4.39 Å². The van der Waals surface area contributed by atoms with Gasteiger partial charge in [0, 0.05) is 18.5 Å². The molecule has 1 aliphatic heterocycles.